The minimum absolute atomic E-state index is 0.255. The molecule has 1 N–H and O–H groups in total. The minimum atomic E-state index is -0.602. The highest BCUT2D eigenvalue weighted by Crippen LogP contribution is 2.42. The first-order chi connectivity index (χ1) is 5.67. The lowest BCUT2D eigenvalue weighted by molar-refractivity contribution is -0.158. The maximum Gasteiger partial charge on any atom is 0.314 e. The number of hydrogen-bond donors (Lipinski definition) is 1. The van der Waals surface area contributed by atoms with Crippen LogP contribution < -0.4 is 0 Å². The first-order valence-electron chi connectivity index (χ1n) is 4.44. The zero-order valence-corrected chi connectivity index (χ0v) is 7.67. The van der Waals surface area contributed by atoms with Gasteiger partial charge in [-0.2, -0.15) is 0 Å². The molecule has 0 saturated heterocycles. The Morgan fingerprint density at radius 1 is 1.75 bits per heavy atom. The zero-order chi connectivity index (χ0) is 9.19. The smallest absolute Gasteiger partial charge is 0.314 e. The number of esters is 1. The highest BCUT2D eigenvalue weighted by molar-refractivity contribution is 5.77. The number of aliphatic hydroxyl groups excluding tert-OH is 1. The molecule has 0 aromatic carbocycles. The van der Waals surface area contributed by atoms with Crippen molar-refractivity contribution < 1.29 is 14.6 Å². The number of methoxy groups -OCH3 is 1. The lowest BCUT2D eigenvalue weighted by atomic mass is 9.81. The van der Waals surface area contributed by atoms with Crippen LogP contribution in [0.4, 0.5) is 0 Å². The van der Waals surface area contributed by atoms with Crippen molar-refractivity contribution in [3.8, 4) is 0 Å². The van der Waals surface area contributed by atoms with Crippen molar-refractivity contribution in [2.45, 2.75) is 38.7 Å². The molecule has 0 radical (unpaired) electrons. The van der Waals surface area contributed by atoms with E-state index in [-0.39, 0.29) is 5.97 Å². The lowest BCUT2D eigenvalue weighted by Gasteiger charge is -2.27. The summed E-state index contributed by atoms with van der Waals surface area (Å²) in [5, 5.41) is 9.64. The molecule has 1 rings (SSSR count). The summed E-state index contributed by atoms with van der Waals surface area (Å²) in [5.41, 5.74) is -0.602. The van der Waals surface area contributed by atoms with Crippen molar-refractivity contribution in [3.63, 3.8) is 0 Å². The Hall–Kier alpha value is -0.570. The Balaban J connectivity index is 2.81. The second-order valence-corrected chi connectivity index (χ2v) is 3.41. The summed E-state index contributed by atoms with van der Waals surface area (Å²) in [6.07, 6.45) is 2.57. The summed E-state index contributed by atoms with van der Waals surface area (Å²) in [6, 6.07) is 0. The lowest BCUT2D eigenvalue weighted by Crippen LogP contribution is -2.38. The topological polar surface area (TPSA) is 46.5 Å². The van der Waals surface area contributed by atoms with Gasteiger partial charge in [0.15, 0.2) is 0 Å². The number of aliphatic hydroxyl groups is 1. The van der Waals surface area contributed by atoms with Crippen LogP contribution in [0.15, 0.2) is 0 Å². The van der Waals surface area contributed by atoms with Crippen LogP contribution in [0.5, 0.6) is 0 Å². The fourth-order valence-corrected chi connectivity index (χ4v) is 2.05. The quantitative estimate of drug-likeness (QED) is 0.634. The average molecular weight is 172 g/mol. The largest absolute Gasteiger partial charge is 0.469 e. The van der Waals surface area contributed by atoms with Crippen molar-refractivity contribution in [3.05, 3.63) is 0 Å². The number of rotatable bonds is 2. The summed E-state index contributed by atoms with van der Waals surface area (Å²) < 4.78 is 4.70. The van der Waals surface area contributed by atoms with E-state index in [1.807, 2.05) is 6.92 Å². The number of hydrogen-bond acceptors (Lipinski definition) is 3. The van der Waals surface area contributed by atoms with Crippen molar-refractivity contribution in [1.29, 1.82) is 0 Å². The molecule has 0 amide bonds. The molecule has 0 heterocycles. The van der Waals surface area contributed by atoms with Crippen LogP contribution in [0.25, 0.3) is 0 Å². The molecular formula is C9H16O3. The van der Waals surface area contributed by atoms with E-state index in [0.717, 1.165) is 19.3 Å². The van der Waals surface area contributed by atoms with Crippen molar-refractivity contribution in [2.75, 3.05) is 7.11 Å². The van der Waals surface area contributed by atoms with Crippen molar-refractivity contribution in [1.82, 2.24) is 0 Å². The maximum atomic E-state index is 11.4. The van der Waals surface area contributed by atoms with E-state index >= 15 is 0 Å². The van der Waals surface area contributed by atoms with Crippen LogP contribution >= 0.6 is 0 Å². The molecule has 0 aromatic rings. The fraction of sp³-hybridized carbons (Fsp3) is 0.889. The predicted molar refractivity (Wildman–Crippen MR) is 44.6 cm³/mol. The molecule has 1 saturated carbocycles. The van der Waals surface area contributed by atoms with E-state index in [0.29, 0.717) is 6.42 Å². The third kappa shape index (κ3) is 1.22. The molecule has 70 valence electrons. The van der Waals surface area contributed by atoms with Crippen LogP contribution in [0.1, 0.15) is 32.6 Å². The van der Waals surface area contributed by atoms with Crippen LogP contribution in [0.3, 0.4) is 0 Å². The molecule has 1 aliphatic carbocycles. The van der Waals surface area contributed by atoms with E-state index in [1.54, 1.807) is 0 Å². The Morgan fingerprint density at radius 2 is 2.42 bits per heavy atom. The number of carbonyl (C=O) groups excluding carboxylic acids is 1. The van der Waals surface area contributed by atoms with E-state index in [1.165, 1.54) is 7.11 Å². The van der Waals surface area contributed by atoms with E-state index in [4.69, 9.17) is 4.74 Å². The Labute approximate surface area is 72.7 Å². The molecule has 3 nitrogen and oxygen atoms in total. The average Bonchev–Trinajstić information content (AvgIpc) is 2.46. The van der Waals surface area contributed by atoms with Gasteiger partial charge in [0.1, 0.15) is 0 Å². The molecule has 12 heavy (non-hydrogen) atoms. The molecular weight excluding hydrogens is 156 g/mol. The summed E-state index contributed by atoms with van der Waals surface area (Å²) in [6.45, 7) is 1.92. The molecule has 0 spiro atoms. The molecule has 1 aliphatic rings. The van der Waals surface area contributed by atoms with Crippen LogP contribution in [0, 0.1) is 5.41 Å². The van der Waals surface area contributed by atoms with Gasteiger partial charge in [-0.15, -0.1) is 0 Å². The first kappa shape index (κ1) is 9.52. The summed E-state index contributed by atoms with van der Waals surface area (Å²) in [5.74, 6) is -0.255. The monoisotopic (exact) mass is 172 g/mol. The van der Waals surface area contributed by atoms with Gasteiger partial charge in [0.2, 0.25) is 0 Å². The number of carbonyl (C=O) groups is 1. The summed E-state index contributed by atoms with van der Waals surface area (Å²) in [7, 11) is 1.38. The first-order valence-corrected chi connectivity index (χ1v) is 4.44. The summed E-state index contributed by atoms with van der Waals surface area (Å²) in [4.78, 5) is 11.4. The number of ether oxygens (including phenoxy) is 1. The molecule has 1 fully saturated rings. The summed E-state index contributed by atoms with van der Waals surface area (Å²) >= 11 is 0. The SMILES string of the molecule is CC[C@@]1(C(=O)OC)CCCC1O. The van der Waals surface area contributed by atoms with Crippen LogP contribution in [0.2, 0.25) is 0 Å². The standard InChI is InChI=1S/C9H16O3/c1-3-9(8(11)12-2)6-4-5-7(9)10/h7,10H,3-6H2,1-2H3/t7?,9-/m1/s1. The van der Waals surface area contributed by atoms with Gasteiger partial charge in [0, 0.05) is 0 Å². The van der Waals surface area contributed by atoms with Gasteiger partial charge in [-0.05, 0) is 25.7 Å². The molecule has 0 aliphatic heterocycles. The molecule has 0 bridgehead atoms. The van der Waals surface area contributed by atoms with Gasteiger partial charge in [0.25, 0.3) is 0 Å². The van der Waals surface area contributed by atoms with Gasteiger partial charge < -0.3 is 9.84 Å². The normalized spacial score (nSPS) is 35.1. The maximum absolute atomic E-state index is 11.4. The van der Waals surface area contributed by atoms with Gasteiger partial charge in [-0.1, -0.05) is 6.92 Å². The van der Waals surface area contributed by atoms with E-state index < -0.39 is 11.5 Å². The second-order valence-electron chi connectivity index (χ2n) is 3.41. The van der Waals surface area contributed by atoms with Crippen molar-refractivity contribution >= 4 is 5.97 Å². The third-order valence-corrected chi connectivity index (χ3v) is 2.96. The van der Waals surface area contributed by atoms with Gasteiger partial charge in [-0.25, -0.2) is 0 Å². The Morgan fingerprint density at radius 3 is 2.75 bits per heavy atom. The molecule has 3 heteroatoms. The van der Waals surface area contributed by atoms with E-state index in [9.17, 15) is 9.90 Å². The predicted octanol–water partition coefficient (Wildman–Crippen LogP) is 1.10. The van der Waals surface area contributed by atoms with E-state index in [2.05, 4.69) is 0 Å². The molecule has 0 aromatic heterocycles. The third-order valence-electron chi connectivity index (χ3n) is 2.96. The van der Waals surface area contributed by atoms with Crippen molar-refractivity contribution in [2.24, 2.45) is 5.41 Å². The highest BCUT2D eigenvalue weighted by Gasteiger charge is 2.47. The fourth-order valence-electron chi connectivity index (χ4n) is 2.05. The second kappa shape index (κ2) is 3.44. The minimum Gasteiger partial charge on any atom is -0.469 e. The van der Waals surface area contributed by atoms with Gasteiger partial charge >= 0.3 is 5.97 Å². The van der Waals surface area contributed by atoms with Gasteiger partial charge in [-0.3, -0.25) is 4.79 Å². The molecule has 1 unspecified atom stereocenters. The zero-order valence-electron chi connectivity index (χ0n) is 7.67. The Kier molecular flexibility index (Phi) is 2.73. The van der Waals surface area contributed by atoms with Gasteiger partial charge in [0.05, 0.1) is 18.6 Å². The highest BCUT2D eigenvalue weighted by atomic mass is 16.5. The molecule has 2 atom stereocenters. The Bertz CT molecular complexity index is 179. The van der Waals surface area contributed by atoms with Crippen LogP contribution in [-0.2, 0) is 9.53 Å². The van der Waals surface area contributed by atoms with Crippen LogP contribution in [-0.4, -0.2) is 24.3 Å².